The number of hydrogen-bond acceptors (Lipinski definition) is 2. The normalized spacial score (nSPS) is 11.1. The molecule has 0 unspecified atom stereocenters. The molecule has 2 aromatic carbocycles. The summed E-state index contributed by atoms with van der Waals surface area (Å²) in [6.07, 6.45) is 0. The van der Waals surface area contributed by atoms with Gasteiger partial charge in [0.05, 0.1) is 18.7 Å². The molecule has 0 spiro atoms. The summed E-state index contributed by atoms with van der Waals surface area (Å²) < 4.78 is 42.7. The Hall–Kier alpha value is -2.21. The van der Waals surface area contributed by atoms with Gasteiger partial charge in [0, 0.05) is 0 Å². The van der Waals surface area contributed by atoms with Gasteiger partial charge in [-0.3, -0.25) is 4.58 Å². The summed E-state index contributed by atoms with van der Waals surface area (Å²) in [5.41, 5.74) is 0.780. The van der Waals surface area contributed by atoms with E-state index in [0.717, 1.165) is 17.7 Å². The van der Waals surface area contributed by atoms with Gasteiger partial charge in [-0.2, -0.15) is 13.1 Å². The fourth-order valence-electron chi connectivity index (χ4n) is 2.24. The van der Waals surface area contributed by atoms with Crippen LogP contribution in [0.15, 0.2) is 59.5 Å². The predicted molar refractivity (Wildman–Crippen MR) is 88.6 cm³/mol. The third-order valence-electron chi connectivity index (χ3n) is 3.48. The summed E-state index contributed by atoms with van der Waals surface area (Å²) in [5, 5.41) is 0. The van der Waals surface area contributed by atoms with Crippen LogP contribution in [0, 0.1) is 5.82 Å². The fourth-order valence-corrected chi connectivity index (χ4v) is 3.36. The standard InChI is InChI=1S/C17H19FN2O2S/c1-3-20(4-2)17(14-8-6-5-7-9-14)19-23(21,22)16-12-10-15(18)11-13-16/h5-13H,3-4H2,1-2H3/p+1. The van der Waals surface area contributed by atoms with Crippen molar-refractivity contribution in [1.29, 1.82) is 0 Å². The molecule has 2 aromatic rings. The van der Waals surface area contributed by atoms with Crippen LogP contribution in [0.1, 0.15) is 19.4 Å². The molecule has 0 atom stereocenters. The molecule has 0 aliphatic carbocycles. The van der Waals surface area contributed by atoms with Gasteiger partial charge < -0.3 is 0 Å². The van der Waals surface area contributed by atoms with Gasteiger partial charge in [0.15, 0.2) is 0 Å². The van der Waals surface area contributed by atoms with E-state index in [-0.39, 0.29) is 4.90 Å². The number of halogens is 1. The zero-order chi connectivity index (χ0) is 16.9. The van der Waals surface area contributed by atoms with E-state index in [9.17, 15) is 12.8 Å². The number of sulfonamides is 1. The molecule has 0 heterocycles. The Morgan fingerprint density at radius 2 is 1.57 bits per heavy atom. The summed E-state index contributed by atoms with van der Waals surface area (Å²) in [7, 11) is -3.78. The lowest BCUT2D eigenvalue weighted by atomic mass is 10.2. The van der Waals surface area contributed by atoms with Crippen LogP contribution >= 0.6 is 0 Å². The zero-order valence-electron chi connectivity index (χ0n) is 13.2. The molecule has 0 bridgehead atoms. The third-order valence-corrected chi connectivity index (χ3v) is 4.84. The molecule has 4 nitrogen and oxygen atoms in total. The highest BCUT2D eigenvalue weighted by Gasteiger charge is 2.25. The second kappa shape index (κ2) is 7.37. The number of benzene rings is 2. The van der Waals surface area contributed by atoms with Crippen molar-refractivity contribution in [3.8, 4) is 0 Å². The van der Waals surface area contributed by atoms with Crippen molar-refractivity contribution < 1.29 is 17.4 Å². The highest BCUT2D eigenvalue weighted by Crippen LogP contribution is 2.11. The first-order valence-electron chi connectivity index (χ1n) is 7.43. The second-order valence-corrected chi connectivity index (χ2v) is 6.63. The number of amidine groups is 1. The van der Waals surface area contributed by atoms with E-state index in [2.05, 4.69) is 4.72 Å². The van der Waals surface area contributed by atoms with E-state index < -0.39 is 15.8 Å². The van der Waals surface area contributed by atoms with Crippen LogP contribution < -0.4 is 4.72 Å². The summed E-state index contributed by atoms with van der Waals surface area (Å²) in [4.78, 5) is 0.0273. The quantitative estimate of drug-likeness (QED) is 0.519. The molecule has 0 fully saturated rings. The minimum Gasteiger partial charge on any atom is -0.261 e. The Bertz CT molecular complexity index is 779. The van der Waals surface area contributed by atoms with Crippen LogP contribution in [0.4, 0.5) is 4.39 Å². The van der Waals surface area contributed by atoms with E-state index in [0.29, 0.717) is 18.9 Å². The SMILES string of the molecule is CC[N+](CC)=C(NS(=O)(=O)c1ccc(F)cc1)c1ccccc1. The van der Waals surface area contributed by atoms with Gasteiger partial charge in [0.25, 0.3) is 5.84 Å². The van der Waals surface area contributed by atoms with Crippen molar-refractivity contribution >= 4 is 15.9 Å². The maximum atomic E-state index is 13.0. The molecule has 0 aliphatic heterocycles. The topological polar surface area (TPSA) is 49.2 Å². The number of nitrogens with zero attached hydrogens (tertiary/aromatic N) is 1. The predicted octanol–water partition coefficient (Wildman–Crippen LogP) is 2.60. The first-order valence-corrected chi connectivity index (χ1v) is 8.92. The van der Waals surface area contributed by atoms with E-state index in [1.54, 1.807) is 0 Å². The smallest absolute Gasteiger partial charge is 0.261 e. The molecule has 6 heteroatoms. The molecular weight excluding hydrogens is 315 g/mol. The Morgan fingerprint density at radius 1 is 1.00 bits per heavy atom. The van der Waals surface area contributed by atoms with Gasteiger partial charge >= 0.3 is 10.0 Å². The highest BCUT2D eigenvalue weighted by atomic mass is 32.2. The van der Waals surface area contributed by atoms with Crippen molar-refractivity contribution in [1.82, 2.24) is 4.72 Å². The van der Waals surface area contributed by atoms with E-state index >= 15 is 0 Å². The van der Waals surface area contributed by atoms with Gasteiger partial charge in [-0.25, -0.2) is 4.39 Å². The highest BCUT2D eigenvalue weighted by molar-refractivity contribution is 7.90. The molecule has 0 saturated carbocycles. The van der Waals surface area contributed by atoms with Crippen LogP contribution in [0.25, 0.3) is 0 Å². The molecule has 23 heavy (non-hydrogen) atoms. The summed E-state index contributed by atoms with van der Waals surface area (Å²) in [6.45, 7) is 5.23. The van der Waals surface area contributed by atoms with Crippen molar-refractivity contribution in [3.05, 3.63) is 66.0 Å². The van der Waals surface area contributed by atoms with Crippen LogP contribution in [0.3, 0.4) is 0 Å². The van der Waals surface area contributed by atoms with Crippen LogP contribution in [-0.4, -0.2) is 31.9 Å². The number of rotatable bonds is 5. The molecular formula is C17H20FN2O2S+. The van der Waals surface area contributed by atoms with Gasteiger partial charge in [-0.1, -0.05) is 18.2 Å². The maximum Gasteiger partial charge on any atom is 0.328 e. The summed E-state index contributed by atoms with van der Waals surface area (Å²) in [5.74, 6) is 0.0416. The Labute approximate surface area is 136 Å². The molecule has 122 valence electrons. The van der Waals surface area contributed by atoms with Crippen LogP contribution in [0.5, 0.6) is 0 Å². The Morgan fingerprint density at radius 3 is 2.09 bits per heavy atom. The lowest BCUT2D eigenvalue weighted by Gasteiger charge is -2.11. The van der Waals surface area contributed by atoms with Crippen LogP contribution in [-0.2, 0) is 10.0 Å². The lowest BCUT2D eigenvalue weighted by Crippen LogP contribution is -2.38. The van der Waals surface area contributed by atoms with Crippen molar-refractivity contribution in [2.24, 2.45) is 0 Å². The maximum absolute atomic E-state index is 13.0. The molecule has 0 amide bonds. The van der Waals surface area contributed by atoms with Gasteiger partial charge in [0.2, 0.25) is 0 Å². The monoisotopic (exact) mass is 335 g/mol. The number of hydrogen-bond donors (Lipinski definition) is 1. The van der Waals surface area contributed by atoms with Crippen LogP contribution in [0.2, 0.25) is 0 Å². The largest absolute Gasteiger partial charge is 0.328 e. The van der Waals surface area contributed by atoms with E-state index in [1.807, 2.05) is 48.8 Å². The van der Waals surface area contributed by atoms with Crippen molar-refractivity contribution in [3.63, 3.8) is 0 Å². The van der Waals surface area contributed by atoms with E-state index in [1.165, 1.54) is 12.1 Å². The minimum atomic E-state index is -3.78. The first-order chi connectivity index (χ1) is 11.0. The van der Waals surface area contributed by atoms with Crippen molar-refractivity contribution in [2.45, 2.75) is 18.7 Å². The van der Waals surface area contributed by atoms with Crippen molar-refractivity contribution in [2.75, 3.05) is 13.1 Å². The molecule has 1 N–H and O–H groups in total. The Balaban J connectivity index is 2.46. The fraction of sp³-hybridized carbons (Fsp3) is 0.235. The average Bonchev–Trinajstić information content (AvgIpc) is 2.56. The van der Waals surface area contributed by atoms with Gasteiger partial charge in [0.1, 0.15) is 10.7 Å². The summed E-state index contributed by atoms with van der Waals surface area (Å²) in [6, 6.07) is 14.0. The van der Waals surface area contributed by atoms with Gasteiger partial charge in [-0.15, -0.1) is 0 Å². The first kappa shape index (κ1) is 17.1. The summed E-state index contributed by atoms with van der Waals surface area (Å²) >= 11 is 0. The third kappa shape index (κ3) is 4.16. The zero-order valence-corrected chi connectivity index (χ0v) is 14.0. The lowest BCUT2D eigenvalue weighted by molar-refractivity contribution is -0.521. The minimum absolute atomic E-state index is 0.0273. The van der Waals surface area contributed by atoms with Gasteiger partial charge in [-0.05, 0) is 50.2 Å². The molecule has 2 rings (SSSR count). The Kier molecular flexibility index (Phi) is 5.50. The number of nitrogens with one attached hydrogen (secondary N) is 1. The molecule has 0 radical (unpaired) electrons. The molecule has 0 aliphatic rings. The second-order valence-electron chi connectivity index (χ2n) is 4.95. The average molecular weight is 335 g/mol. The molecule has 0 aromatic heterocycles. The molecule has 0 saturated heterocycles. The van der Waals surface area contributed by atoms with E-state index in [4.69, 9.17) is 0 Å².